The van der Waals surface area contributed by atoms with Gasteiger partial charge in [-0.2, -0.15) is 0 Å². The molecule has 5 nitrogen and oxygen atoms in total. The van der Waals surface area contributed by atoms with Crippen LogP contribution >= 0.6 is 24.0 Å². The van der Waals surface area contributed by atoms with Crippen LogP contribution in [0, 0.1) is 5.92 Å². The molecule has 0 spiro atoms. The molecular formula is C16H29IN4O. The van der Waals surface area contributed by atoms with Crippen molar-refractivity contribution in [2.75, 3.05) is 33.2 Å². The summed E-state index contributed by atoms with van der Waals surface area (Å²) in [5.41, 5.74) is 0. The van der Waals surface area contributed by atoms with Crippen LogP contribution in [0.2, 0.25) is 0 Å². The predicted octanol–water partition coefficient (Wildman–Crippen LogP) is 2.68. The Kier molecular flexibility index (Phi) is 9.54. The number of hydrogen-bond donors (Lipinski definition) is 2. The van der Waals surface area contributed by atoms with E-state index in [0.717, 1.165) is 24.2 Å². The highest BCUT2D eigenvalue weighted by atomic mass is 127. The molecular weight excluding hydrogens is 391 g/mol. The first-order valence-electron chi connectivity index (χ1n) is 8.01. The van der Waals surface area contributed by atoms with Crippen LogP contribution < -0.4 is 10.6 Å². The van der Waals surface area contributed by atoms with Crippen molar-refractivity contribution in [3.8, 4) is 0 Å². The van der Waals surface area contributed by atoms with Crippen LogP contribution in [-0.2, 0) is 6.54 Å². The average Bonchev–Trinajstić information content (AvgIpc) is 3.04. The maximum absolute atomic E-state index is 5.30. The van der Waals surface area contributed by atoms with Crippen molar-refractivity contribution < 1.29 is 4.42 Å². The fourth-order valence-electron chi connectivity index (χ4n) is 2.79. The Balaban J connectivity index is 0.00000242. The normalized spacial score (nSPS) is 17.1. The number of aliphatic imine (C=N–C) groups is 1. The smallest absolute Gasteiger partial charge is 0.191 e. The molecule has 1 aromatic rings. The lowest BCUT2D eigenvalue weighted by molar-refractivity contribution is 0.187. The summed E-state index contributed by atoms with van der Waals surface area (Å²) in [4.78, 5) is 6.78. The number of guanidine groups is 1. The van der Waals surface area contributed by atoms with E-state index in [1.165, 1.54) is 38.9 Å². The molecule has 1 aromatic heterocycles. The van der Waals surface area contributed by atoms with Crippen molar-refractivity contribution in [2.24, 2.45) is 10.9 Å². The van der Waals surface area contributed by atoms with Crippen LogP contribution in [0.25, 0.3) is 0 Å². The molecule has 0 aliphatic carbocycles. The van der Waals surface area contributed by atoms with Crippen molar-refractivity contribution in [3.05, 3.63) is 24.2 Å². The van der Waals surface area contributed by atoms with Crippen molar-refractivity contribution in [3.63, 3.8) is 0 Å². The van der Waals surface area contributed by atoms with E-state index in [1.807, 2.05) is 12.1 Å². The molecule has 1 saturated heterocycles. The second-order valence-electron chi connectivity index (χ2n) is 5.60. The van der Waals surface area contributed by atoms with E-state index in [4.69, 9.17) is 4.42 Å². The lowest BCUT2D eigenvalue weighted by atomic mass is 9.93. The summed E-state index contributed by atoms with van der Waals surface area (Å²) in [5.74, 6) is 2.62. The third-order valence-corrected chi connectivity index (χ3v) is 4.23. The Morgan fingerprint density at radius 2 is 2.14 bits per heavy atom. The van der Waals surface area contributed by atoms with Gasteiger partial charge in [-0.3, -0.25) is 4.99 Å². The van der Waals surface area contributed by atoms with Crippen molar-refractivity contribution in [2.45, 2.75) is 32.7 Å². The van der Waals surface area contributed by atoms with E-state index in [2.05, 4.69) is 27.4 Å². The summed E-state index contributed by atoms with van der Waals surface area (Å²) in [5, 5.41) is 6.65. The molecule has 0 amide bonds. The topological polar surface area (TPSA) is 52.8 Å². The molecule has 0 unspecified atom stereocenters. The SMILES string of the molecule is CCN1CCC(CCNC(=NC)NCc2ccco2)CC1.I. The summed E-state index contributed by atoms with van der Waals surface area (Å²) in [6.07, 6.45) is 5.57. The minimum atomic E-state index is 0. The third-order valence-electron chi connectivity index (χ3n) is 4.23. The Morgan fingerprint density at radius 3 is 2.73 bits per heavy atom. The van der Waals surface area contributed by atoms with Crippen molar-refractivity contribution >= 4 is 29.9 Å². The predicted molar refractivity (Wildman–Crippen MR) is 102 cm³/mol. The number of nitrogens with one attached hydrogen (secondary N) is 2. The van der Waals surface area contributed by atoms with Gasteiger partial charge in [-0.1, -0.05) is 6.92 Å². The zero-order valence-corrected chi connectivity index (χ0v) is 16.0. The molecule has 2 rings (SSSR count). The molecule has 0 radical (unpaired) electrons. The fraction of sp³-hybridized carbons (Fsp3) is 0.688. The molecule has 6 heteroatoms. The summed E-state index contributed by atoms with van der Waals surface area (Å²) < 4.78 is 5.30. The van der Waals surface area contributed by atoms with Crippen LogP contribution in [0.5, 0.6) is 0 Å². The summed E-state index contributed by atoms with van der Waals surface area (Å²) >= 11 is 0. The first-order valence-corrected chi connectivity index (χ1v) is 8.01. The van der Waals surface area contributed by atoms with E-state index >= 15 is 0 Å². The van der Waals surface area contributed by atoms with Gasteiger partial charge in [0.05, 0.1) is 12.8 Å². The lowest BCUT2D eigenvalue weighted by Crippen LogP contribution is -2.39. The summed E-state index contributed by atoms with van der Waals surface area (Å²) in [6, 6.07) is 3.86. The van der Waals surface area contributed by atoms with Gasteiger partial charge in [-0.25, -0.2) is 0 Å². The van der Waals surface area contributed by atoms with E-state index < -0.39 is 0 Å². The molecule has 1 fully saturated rings. The number of halogens is 1. The lowest BCUT2D eigenvalue weighted by Gasteiger charge is -2.31. The van der Waals surface area contributed by atoms with E-state index in [1.54, 1.807) is 13.3 Å². The van der Waals surface area contributed by atoms with Crippen LogP contribution in [0.3, 0.4) is 0 Å². The maximum Gasteiger partial charge on any atom is 0.191 e. The number of likely N-dealkylation sites (tertiary alicyclic amines) is 1. The molecule has 22 heavy (non-hydrogen) atoms. The monoisotopic (exact) mass is 420 g/mol. The first-order chi connectivity index (χ1) is 10.3. The van der Waals surface area contributed by atoms with Gasteiger partial charge in [-0.05, 0) is 56.9 Å². The van der Waals surface area contributed by atoms with Gasteiger partial charge in [0.25, 0.3) is 0 Å². The highest BCUT2D eigenvalue weighted by molar-refractivity contribution is 14.0. The van der Waals surface area contributed by atoms with Crippen LogP contribution in [0.4, 0.5) is 0 Å². The Morgan fingerprint density at radius 1 is 1.36 bits per heavy atom. The minimum absolute atomic E-state index is 0. The van der Waals surface area contributed by atoms with E-state index in [9.17, 15) is 0 Å². The maximum atomic E-state index is 5.30. The van der Waals surface area contributed by atoms with Crippen LogP contribution in [0.1, 0.15) is 31.9 Å². The average molecular weight is 420 g/mol. The quantitative estimate of drug-likeness (QED) is 0.422. The zero-order chi connectivity index (χ0) is 14.9. The molecule has 126 valence electrons. The summed E-state index contributed by atoms with van der Waals surface area (Å²) in [7, 11) is 1.80. The Labute approximate surface area is 150 Å². The molecule has 1 aliphatic heterocycles. The number of hydrogen-bond acceptors (Lipinski definition) is 3. The summed E-state index contributed by atoms with van der Waals surface area (Å²) in [6.45, 7) is 7.60. The van der Waals surface area contributed by atoms with Crippen molar-refractivity contribution in [1.82, 2.24) is 15.5 Å². The number of nitrogens with zero attached hydrogens (tertiary/aromatic N) is 2. The van der Waals surface area contributed by atoms with Gasteiger partial charge in [0.1, 0.15) is 5.76 Å². The van der Waals surface area contributed by atoms with Crippen molar-refractivity contribution in [1.29, 1.82) is 0 Å². The minimum Gasteiger partial charge on any atom is -0.467 e. The van der Waals surface area contributed by atoms with Crippen LogP contribution in [-0.4, -0.2) is 44.1 Å². The molecule has 0 atom stereocenters. The van der Waals surface area contributed by atoms with Gasteiger partial charge < -0.3 is 20.0 Å². The zero-order valence-electron chi connectivity index (χ0n) is 13.7. The molecule has 1 aliphatic rings. The number of furan rings is 1. The highest BCUT2D eigenvalue weighted by Crippen LogP contribution is 2.19. The van der Waals surface area contributed by atoms with Crippen LogP contribution in [0.15, 0.2) is 27.8 Å². The van der Waals surface area contributed by atoms with Gasteiger partial charge in [0.15, 0.2) is 5.96 Å². The molecule has 0 saturated carbocycles. The Hall–Kier alpha value is -0.760. The largest absolute Gasteiger partial charge is 0.467 e. The van der Waals surface area contributed by atoms with Gasteiger partial charge in [0.2, 0.25) is 0 Å². The third kappa shape index (κ3) is 6.56. The molecule has 0 aromatic carbocycles. The molecule has 2 heterocycles. The number of rotatable bonds is 6. The van der Waals surface area contributed by atoms with E-state index in [-0.39, 0.29) is 24.0 Å². The second-order valence-corrected chi connectivity index (χ2v) is 5.60. The fourth-order valence-corrected chi connectivity index (χ4v) is 2.79. The van der Waals surface area contributed by atoms with Gasteiger partial charge in [-0.15, -0.1) is 24.0 Å². The Bertz CT molecular complexity index is 414. The molecule has 2 N–H and O–H groups in total. The number of piperidine rings is 1. The van der Waals surface area contributed by atoms with Gasteiger partial charge >= 0.3 is 0 Å². The second kappa shape index (κ2) is 10.9. The van der Waals surface area contributed by atoms with E-state index in [0.29, 0.717) is 6.54 Å². The first kappa shape index (κ1) is 19.3. The standard InChI is InChI=1S/C16H28N4O.HI/c1-3-20-10-7-14(8-11-20)6-9-18-16(17-2)19-13-15-5-4-12-21-15;/h4-5,12,14H,3,6-11,13H2,1-2H3,(H2,17,18,19);1H. The highest BCUT2D eigenvalue weighted by Gasteiger charge is 2.17. The van der Waals surface area contributed by atoms with Gasteiger partial charge in [0, 0.05) is 13.6 Å². The molecule has 0 bridgehead atoms.